The molecule has 0 bridgehead atoms. The summed E-state index contributed by atoms with van der Waals surface area (Å²) in [5.41, 5.74) is 0.405. The highest BCUT2D eigenvalue weighted by Crippen LogP contribution is 2.44. The number of amides is 1. The number of non-ortho nitro benzene ring substituents is 1. The van der Waals surface area contributed by atoms with Gasteiger partial charge in [-0.2, -0.15) is 0 Å². The second-order valence-corrected chi connectivity index (χ2v) is 8.50. The highest BCUT2D eigenvalue weighted by atomic mass is 35.5. The number of fused-ring (bicyclic) bond motifs is 1. The molecule has 4 rings (SSSR count). The van der Waals surface area contributed by atoms with Gasteiger partial charge in [0.2, 0.25) is 5.91 Å². The Kier molecular flexibility index (Phi) is 5.73. The molecular weight excluding hydrogens is 443 g/mol. The Morgan fingerprint density at radius 1 is 1.16 bits per heavy atom. The number of piperidine rings is 1. The van der Waals surface area contributed by atoms with E-state index in [0.29, 0.717) is 52.9 Å². The van der Waals surface area contributed by atoms with Crippen LogP contribution in [0.5, 0.6) is 5.75 Å². The summed E-state index contributed by atoms with van der Waals surface area (Å²) in [5.74, 6) is 0.129. The van der Waals surface area contributed by atoms with Crippen molar-refractivity contribution in [2.45, 2.75) is 24.9 Å². The molecule has 7 nitrogen and oxygen atoms in total. The molecule has 1 fully saturated rings. The van der Waals surface area contributed by atoms with E-state index in [1.165, 1.54) is 18.2 Å². The Balaban J connectivity index is 1.40. The third-order valence-electron chi connectivity index (χ3n) is 5.62. The lowest BCUT2D eigenvalue weighted by molar-refractivity contribution is -0.384. The number of likely N-dealkylation sites (tertiary alicyclic amines) is 1. The van der Waals surface area contributed by atoms with Crippen molar-refractivity contribution in [1.29, 1.82) is 0 Å². The molecule has 160 valence electrons. The normalized spacial score (nSPS) is 17.5. The maximum absolute atomic E-state index is 12.7. The highest BCUT2D eigenvalue weighted by molar-refractivity contribution is 6.36. The van der Waals surface area contributed by atoms with E-state index in [2.05, 4.69) is 0 Å². The van der Waals surface area contributed by atoms with Crippen LogP contribution in [0.3, 0.4) is 0 Å². The summed E-state index contributed by atoms with van der Waals surface area (Å²) in [6.07, 6.45) is 4.30. The molecule has 2 aromatic rings. The molecule has 2 heterocycles. The van der Waals surface area contributed by atoms with E-state index < -0.39 is 10.5 Å². The Morgan fingerprint density at radius 2 is 1.84 bits per heavy atom. The van der Waals surface area contributed by atoms with E-state index >= 15 is 0 Å². The quantitative estimate of drug-likeness (QED) is 0.367. The number of halogens is 2. The van der Waals surface area contributed by atoms with Crippen LogP contribution in [0, 0.1) is 10.1 Å². The van der Waals surface area contributed by atoms with Crippen LogP contribution in [-0.2, 0) is 4.79 Å². The van der Waals surface area contributed by atoms with Gasteiger partial charge in [0.15, 0.2) is 5.78 Å². The number of nitrogens with zero attached hydrogens (tertiary/aromatic N) is 2. The predicted octanol–water partition coefficient (Wildman–Crippen LogP) is 4.94. The first-order valence-electron chi connectivity index (χ1n) is 9.69. The summed E-state index contributed by atoms with van der Waals surface area (Å²) in [7, 11) is 0. The Bertz CT molecular complexity index is 1090. The van der Waals surface area contributed by atoms with E-state index in [1.807, 2.05) is 0 Å². The number of benzene rings is 2. The lowest BCUT2D eigenvalue weighted by atomic mass is 9.82. The minimum absolute atomic E-state index is 0.00391. The molecular formula is C22H18Cl2N2O5. The number of nitro groups is 1. The van der Waals surface area contributed by atoms with Crippen LogP contribution < -0.4 is 4.74 Å². The summed E-state index contributed by atoms with van der Waals surface area (Å²) in [6, 6.07) is 9.07. The summed E-state index contributed by atoms with van der Waals surface area (Å²) < 4.78 is 6.18. The van der Waals surface area contributed by atoms with Gasteiger partial charge in [0.1, 0.15) is 11.4 Å². The summed E-state index contributed by atoms with van der Waals surface area (Å²) in [6.45, 7) is 0.883. The fourth-order valence-corrected chi connectivity index (χ4v) is 4.44. The number of carbonyl (C=O) groups is 2. The van der Waals surface area contributed by atoms with E-state index in [1.54, 1.807) is 35.2 Å². The zero-order valence-corrected chi connectivity index (χ0v) is 17.9. The molecule has 1 spiro atoms. The zero-order valence-electron chi connectivity index (χ0n) is 16.3. The number of Topliss-reactive ketones (excluding diaryl/α,β-unsaturated/α-hetero) is 1. The van der Waals surface area contributed by atoms with Crippen molar-refractivity contribution in [1.82, 2.24) is 4.90 Å². The molecule has 2 aliphatic heterocycles. The van der Waals surface area contributed by atoms with Crippen LogP contribution in [0.4, 0.5) is 5.69 Å². The van der Waals surface area contributed by atoms with Gasteiger partial charge in [-0.3, -0.25) is 19.7 Å². The van der Waals surface area contributed by atoms with E-state index in [4.69, 9.17) is 27.9 Å². The van der Waals surface area contributed by atoms with Crippen molar-refractivity contribution in [2.75, 3.05) is 13.1 Å². The van der Waals surface area contributed by atoms with Crippen molar-refractivity contribution >= 4 is 46.7 Å². The van der Waals surface area contributed by atoms with E-state index in [9.17, 15) is 19.7 Å². The van der Waals surface area contributed by atoms with Gasteiger partial charge in [0, 0.05) is 49.2 Å². The largest absolute Gasteiger partial charge is 0.484 e. The molecule has 9 heteroatoms. The molecule has 0 radical (unpaired) electrons. The lowest BCUT2D eigenvalue weighted by Crippen LogP contribution is -2.52. The molecule has 0 N–H and O–H groups in total. The monoisotopic (exact) mass is 460 g/mol. The predicted molar refractivity (Wildman–Crippen MR) is 117 cm³/mol. The first-order valence-corrected chi connectivity index (χ1v) is 10.4. The van der Waals surface area contributed by atoms with Crippen LogP contribution in [0.15, 0.2) is 42.5 Å². The van der Waals surface area contributed by atoms with Gasteiger partial charge in [-0.1, -0.05) is 23.2 Å². The van der Waals surface area contributed by atoms with Crippen LogP contribution in [-0.4, -0.2) is 40.2 Å². The van der Waals surface area contributed by atoms with Gasteiger partial charge in [-0.15, -0.1) is 0 Å². The molecule has 0 aromatic heterocycles. The average molecular weight is 461 g/mol. The molecule has 0 unspecified atom stereocenters. The number of ketones is 1. The Hall–Kier alpha value is -2.90. The number of rotatable bonds is 3. The van der Waals surface area contributed by atoms with Crippen molar-refractivity contribution in [2.24, 2.45) is 0 Å². The number of nitro benzene ring substituents is 1. The Morgan fingerprint density at radius 3 is 2.48 bits per heavy atom. The summed E-state index contributed by atoms with van der Waals surface area (Å²) >= 11 is 12.2. The molecule has 0 aliphatic carbocycles. The second kappa shape index (κ2) is 8.32. The fraction of sp³-hybridized carbons (Fsp3) is 0.273. The van der Waals surface area contributed by atoms with Gasteiger partial charge in [0.25, 0.3) is 5.69 Å². The van der Waals surface area contributed by atoms with Crippen LogP contribution >= 0.6 is 23.2 Å². The highest BCUT2D eigenvalue weighted by Gasteiger charge is 2.44. The SMILES string of the molecule is O=C1CC2(CCN(C(=O)/C=C/c3ccc([N+](=O)[O-])cc3)CC2)Oc2c(Cl)cc(Cl)cc21. The van der Waals surface area contributed by atoms with Crippen molar-refractivity contribution in [3.63, 3.8) is 0 Å². The molecule has 2 aromatic carbocycles. The third kappa shape index (κ3) is 4.43. The van der Waals surface area contributed by atoms with Gasteiger partial charge in [-0.05, 0) is 35.9 Å². The van der Waals surface area contributed by atoms with Crippen LogP contribution in [0.2, 0.25) is 10.0 Å². The fourth-order valence-electron chi connectivity index (χ4n) is 3.91. The van der Waals surface area contributed by atoms with Crippen molar-refractivity contribution in [3.05, 3.63) is 73.8 Å². The molecule has 0 saturated carbocycles. The maximum Gasteiger partial charge on any atom is 0.269 e. The second-order valence-electron chi connectivity index (χ2n) is 7.66. The van der Waals surface area contributed by atoms with Gasteiger partial charge >= 0.3 is 0 Å². The molecule has 1 amide bonds. The number of hydrogen-bond acceptors (Lipinski definition) is 5. The minimum atomic E-state index is -0.680. The van der Waals surface area contributed by atoms with Crippen molar-refractivity contribution in [3.8, 4) is 5.75 Å². The standard InChI is InChI=1S/C22H18Cl2N2O5/c23-15-11-17-19(27)13-22(31-21(17)18(24)12-15)7-9-25(10-8-22)20(28)6-3-14-1-4-16(5-2-14)26(29)30/h1-6,11-12H,7-10,13H2/b6-3+. The van der Waals surface area contributed by atoms with Crippen molar-refractivity contribution < 1.29 is 19.2 Å². The average Bonchev–Trinajstić information content (AvgIpc) is 2.74. The number of hydrogen-bond donors (Lipinski definition) is 0. The maximum atomic E-state index is 12.7. The zero-order chi connectivity index (χ0) is 22.2. The minimum Gasteiger partial charge on any atom is -0.484 e. The summed E-state index contributed by atoms with van der Waals surface area (Å²) in [5, 5.41) is 11.4. The van der Waals surface area contributed by atoms with Gasteiger partial charge < -0.3 is 9.64 Å². The topological polar surface area (TPSA) is 89.8 Å². The van der Waals surface area contributed by atoms with Crippen LogP contribution in [0.25, 0.3) is 6.08 Å². The molecule has 0 atom stereocenters. The van der Waals surface area contributed by atoms with Gasteiger partial charge in [0.05, 0.1) is 21.9 Å². The Labute approximate surface area is 188 Å². The van der Waals surface area contributed by atoms with E-state index in [0.717, 1.165) is 0 Å². The summed E-state index contributed by atoms with van der Waals surface area (Å²) in [4.78, 5) is 37.2. The molecule has 2 aliphatic rings. The number of carbonyl (C=O) groups excluding carboxylic acids is 2. The van der Waals surface area contributed by atoms with E-state index in [-0.39, 0.29) is 23.8 Å². The number of ether oxygens (including phenoxy) is 1. The smallest absolute Gasteiger partial charge is 0.269 e. The van der Waals surface area contributed by atoms with Crippen LogP contribution in [0.1, 0.15) is 35.2 Å². The lowest BCUT2D eigenvalue weighted by Gasteiger charge is -2.44. The first-order chi connectivity index (χ1) is 14.8. The first kappa shape index (κ1) is 21.3. The van der Waals surface area contributed by atoms with Gasteiger partial charge in [-0.25, -0.2) is 0 Å². The third-order valence-corrected chi connectivity index (χ3v) is 6.12. The molecule has 31 heavy (non-hydrogen) atoms. The molecule has 1 saturated heterocycles.